The molecule has 364 valence electrons. The van der Waals surface area contributed by atoms with Gasteiger partial charge in [-0.05, 0) is 25.7 Å². The Bertz CT molecular complexity index is 1990. The summed E-state index contributed by atoms with van der Waals surface area (Å²) in [7, 11) is 0. The minimum Gasteiger partial charge on any atom is -0.481 e. The van der Waals surface area contributed by atoms with E-state index in [4.69, 9.17) is 5.11 Å². The number of carbonyl (C=O) groups excluding carboxylic acids is 15. The average molecular weight is 944 g/mol. The number of imide groups is 3. The van der Waals surface area contributed by atoms with Gasteiger partial charge in [-0.25, -0.2) is 4.79 Å². The van der Waals surface area contributed by atoms with E-state index in [1.807, 2.05) is 0 Å². The van der Waals surface area contributed by atoms with Crippen LogP contribution in [0.3, 0.4) is 0 Å². The quantitative estimate of drug-likeness (QED) is 0.0457. The fourth-order valence-corrected chi connectivity index (χ4v) is 5.77. The summed E-state index contributed by atoms with van der Waals surface area (Å²) in [5.74, 6) is -7.99. The number of hydrogen-bond donors (Lipinski definition) is 5. The van der Waals surface area contributed by atoms with Gasteiger partial charge in [-0.2, -0.15) is 0 Å². The zero-order chi connectivity index (χ0) is 49.9. The predicted molar refractivity (Wildman–Crippen MR) is 223 cm³/mol. The Morgan fingerprint density at radius 3 is 1.12 bits per heavy atom. The Balaban J connectivity index is 0.000000471. The van der Waals surface area contributed by atoms with E-state index < -0.39 is 76.8 Å². The molecule has 67 heavy (non-hydrogen) atoms. The molecule has 25 nitrogen and oxygen atoms in total. The third-order valence-electron chi connectivity index (χ3n) is 9.45. The first kappa shape index (κ1) is 55.5. The van der Waals surface area contributed by atoms with Crippen molar-refractivity contribution in [3.05, 3.63) is 24.3 Å². The van der Waals surface area contributed by atoms with Crippen LogP contribution in [0.15, 0.2) is 24.3 Å². The van der Waals surface area contributed by atoms with Crippen LogP contribution in [-0.4, -0.2) is 153 Å². The van der Waals surface area contributed by atoms with Crippen molar-refractivity contribution in [3.63, 3.8) is 0 Å². The van der Waals surface area contributed by atoms with Crippen LogP contribution in [0, 0.1) is 0 Å². The molecule has 1 saturated heterocycles. The highest BCUT2D eigenvalue weighted by atomic mass is 16.7. The summed E-state index contributed by atoms with van der Waals surface area (Å²) in [6, 6.07) is 0. The molecule has 10 amide bonds. The van der Waals surface area contributed by atoms with E-state index in [0.717, 1.165) is 34.1 Å². The molecule has 0 aliphatic carbocycles. The van der Waals surface area contributed by atoms with Crippen molar-refractivity contribution in [2.45, 2.75) is 103 Å². The summed E-state index contributed by atoms with van der Waals surface area (Å²) in [5, 5.41) is 18.5. The number of carbonyl (C=O) groups is 16. The number of amides is 10. The van der Waals surface area contributed by atoms with E-state index in [1.54, 1.807) is 0 Å². The van der Waals surface area contributed by atoms with Crippen molar-refractivity contribution in [3.8, 4) is 0 Å². The van der Waals surface area contributed by atoms with Crippen molar-refractivity contribution in [1.82, 2.24) is 36.1 Å². The van der Waals surface area contributed by atoms with Gasteiger partial charge in [0.1, 0.15) is 0 Å². The molecule has 0 aromatic heterocycles. The highest BCUT2D eigenvalue weighted by Crippen LogP contribution is 2.13. The van der Waals surface area contributed by atoms with E-state index in [2.05, 4.69) is 26.1 Å². The zero-order valence-electron chi connectivity index (χ0n) is 36.6. The highest BCUT2D eigenvalue weighted by molar-refractivity contribution is 6.13. The summed E-state index contributed by atoms with van der Waals surface area (Å²) in [6.07, 6.45) is 4.56. The molecule has 3 aliphatic rings. The second-order valence-electron chi connectivity index (χ2n) is 14.9. The van der Waals surface area contributed by atoms with E-state index in [-0.39, 0.29) is 159 Å². The molecule has 0 unspecified atom stereocenters. The van der Waals surface area contributed by atoms with Crippen molar-refractivity contribution >= 4 is 94.1 Å². The summed E-state index contributed by atoms with van der Waals surface area (Å²) in [6.45, 7) is -0.834. The molecule has 5 N–H and O–H groups in total. The summed E-state index contributed by atoms with van der Waals surface area (Å²) in [5.41, 5.74) is 0. The average Bonchev–Trinajstić information content (AvgIpc) is 3.90. The van der Waals surface area contributed by atoms with Crippen LogP contribution >= 0.6 is 0 Å². The minimum atomic E-state index is -0.994. The van der Waals surface area contributed by atoms with Gasteiger partial charge < -0.3 is 31.2 Å². The molecule has 3 aliphatic heterocycles. The number of carboxylic acids is 1. The Morgan fingerprint density at radius 2 is 0.761 bits per heavy atom. The molecule has 3 heterocycles. The van der Waals surface area contributed by atoms with Gasteiger partial charge in [0.2, 0.25) is 23.6 Å². The number of nitrogens with one attached hydrogen (secondary N) is 4. The largest absolute Gasteiger partial charge is 0.481 e. The fourth-order valence-electron chi connectivity index (χ4n) is 5.77. The third kappa shape index (κ3) is 23.2. The Kier molecular flexibility index (Phi) is 24.7. The molecule has 0 spiro atoms. The Hall–Kier alpha value is -7.60. The van der Waals surface area contributed by atoms with Crippen LogP contribution in [0.25, 0.3) is 0 Å². The van der Waals surface area contributed by atoms with Crippen LogP contribution in [0.4, 0.5) is 0 Å². The molecule has 0 atom stereocenters. The van der Waals surface area contributed by atoms with E-state index in [9.17, 15) is 76.7 Å². The maximum atomic E-state index is 11.9. The lowest BCUT2D eigenvalue weighted by molar-refractivity contribution is -0.197. The Morgan fingerprint density at radius 1 is 0.433 bits per heavy atom. The predicted octanol–water partition coefficient (Wildman–Crippen LogP) is -2.28. The topological polar surface area (TPSA) is 360 Å². The smallest absolute Gasteiger partial charge is 0.333 e. The first-order valence-corrected chi connectivity index (χ1v) is 21.2. The van der Waals surface area contributed by atoms with Crippen LogP contribution in [0.2, 0.25) is 0 Å². The van der Waals surface area contributed by atoms with Crippen molar-refractivity contribution in [1.29, 1.82) is 0 Å². The molecule has 0 radical (unpaired) electrons. The number of carboxylic acid groups (broad SMARTS) is 1. The fraction of sp³-hybridized carbons (Fsp3) is 0.524. The maximum absolute atomic E-state index is 11.9. The molecular formula is C42H53N7O18. The number of ketones is 4. The third-order valence-corrected chi connectivity index (χ3v) is 9.45. The summed E-state index contributed by atoms with van der Waals surface area (Å²) >= 11 is 0. The number of Topliss-reactive ketones (excluding diaryl/α,β-unsaturated/α-hetero) is 4. The number of rotatable bonds is 31. The normalized spacial score (nSPS) is 13.9. The van der Waals surface area contributed by atoms with Gasteiger partial charge >= 0.3 is 11.9 Å². The molecule has 0 saturated carbocycles. The number of hydrogen-bond acceptors (Lipinski definition) is 17. The first-order chi connectivity index (χ1) is 31.7. The molecule has 25 heteroatoms. The lowest BCUT2D eigenvalue weighted by Crippen LogP contribution is -2.34. The SMILES string of the molecule is O=C(CCC(=O)NCC(=O)CCCC(=O)ON1C(=O)CCC1=O)CNC(=O)CCCN1C(=O)C=CC1=O.O=C(O)CCCC(=O)CNC(=O)CCC(=O)CNC(=O)CCCN1C(=O)C=CC1=O. The lowest BCUT2D eigenvalue weighted by Gasteiger charge is -2.13. The molecular weight excluding hydrogens is 890 g/mol. The number of hydroxylamine groups is 2. The van der Waals surface area contributed by atoms with Gasteiger partial charge in [-0.1, -0.05) is 0 Å². The van der Waals surface area contributed by atoms with E-state index >= 15 is 0 Å². The highest BCUT2D eigenvalue weighted by Gasteiger charge is 2.33. The standard InChI is InChI=1S/C23H28N4O10.C19H25N3O8/c28-15(3-1-5-23(36)37-27-21(34)10-11-22(27)35)13-25-18(31)7-6-16(29)14-24-17(30)4-2-12-26-19(32)8-9-20(26)33;23-13(3-1-5-19(29)30)11-21-16(26)7-6-14(24)12-20-15(25)4-2-10-22-17(27)8-9-18(22)28/h8-9H,1-7,10-14H2,(H,24,30)(H,25,31);8-9H,1-7,10-12H2,(H,20,25)(H,21,26)(H,29,30). The van der Waals surface area contributed by atoms with Crippen LogP contribution in [0.1, 0.15) is 103 Å². The number of aliphatic carboxylic acids is 1. The summed E-state index contributed by atoms with van der Waals surface area (Å²) in [4.78, 5) is 191. The monoisotopic (exact) mass is 943 g/mol. The molecule has 3 rings (SSSR count). The van der Waals surface area contributed by atoms with Crippen molar-refractivity contribution in [2.24, 2.45) is 0 Å². The number of nitrogens with zero attached hydrogens (tertiary/aromatic N) is 3. The van der Waals surface area contributed by atoms with Crippen LogP contribution in [0.5, 0.6) is 0 Å². The lowest BCUT2D eigenvalue weighted by atomic mass is 10.1. The van der Waals surface area contributed by atoms with Gasteiger partial charge in [0.05, 0.1) is 26.2 Å². The maximum Gasteiger partial charge on any atom is 0.333 e. The van der Waals surface area contributed by atoms with Gasteiger partial charge in [-0.15, -0.1) is 5.06 Å². The first-order valence-electron chi connectivity index (χ1n) is 21.2. The zero-order valence-corrected chi connectivity index (χ0v) is 36.6. The second kappa shape index (κ2) is 29.8. The summed E-state index contributed by atoms with van der Waals surface area (Å²) < 4.78 is 0. The molecule has 1 fully saturated rings. The van der Waals surface area contributed by atoms with Gasteiger partial charge in [0, 0.05) is 114 Å². The Labute approximate surface area is 382 Å². The van der Waals surface area contributed by atoms with Crippen molar-refractivity contribution < 1.29 is 86.7 Å². The van der Waals surface area contributed by atoms with E-state index in [1.165, 1.54) is 0 Å². The van der Waals surface area contributed by atoms with E-state index in [0.29, 0.717) is 5.06 Å². The van der Waals surface area contributed by atoms with Crippen LogP contribution < -0.4 is 21.3 Å². The minimum absolute atomic E-state index is 0.0131. The second-order valence-corrected chi connectivity index (χ2v) is 14.9. The molecule has 0 bridgehead atoms. The van der Waals surface area contributed by atoms with Crippen LogP contribution in [-0.2, 0) is 81.6 Å². The van der Waals surface area contributed by atoms with Gasteiger partial charge in [-0.3, -0.25) is 81.7 Å². The van der Waals surface area contributed by atoms with Gasteiger partial charge in [0.25, 0.3) is 35.4 Å². The molecule has 0 aromatic carbocycles. The van der Waals surface area contributed by atoms with Gasteiger partial charge in [0.15, 0.2) is 23.1 Å². The molecule has 0 aromatic rings. The van der Waals surface area contributed by atoms with Crippen molar-refractivity contribution in [2.75, 3.05) is 39.3 Å².